The smallest absolute Gasteiger partial charge is 0.244 e. The van der Waals surface area contributed by atoms with Crippen LogP contribution in [0.3, 0.4) is 0 Å². The molecule has 1 N–H and O–H groups in total. The van der Waals surface area contributed by atoms with Crippen molar-refractivity contribution < 1.29 is 4.79 Å². The fourth-order valence-corrected chi connectivity index (χ4v) is 2.92. The number of rotatable bonds is 2. The number of hydrogen-bond acceptors (Lipinski definition) is 3. The van der Waals surface area contributed by atoms with E-state index in [0.29, 0.717) is 0 Å². The maximum atomic E-state index is 12.0. The van der Waals surface area contributed by atoms with Gasteiger partial charge in [0.25, 0.3) is 0 Å². The van der Waals surface area contributed by atoms with Crippen molar-refractivity contribution >= 4 is 27.5 Å². The van der Waals surface area contributed by atoms with Crippen LogP contribution in [0.25, 0.3) is 0 Å². The van der Waals surface area contributed by atoms with Crippen LogP contribution in [0.5, 0.6) is 0 Å². The summed E-state index contributed by atoms with van der Waals surface area (Å²) >= 11 is 3.44. The first-order valence-electron chi connectivity index (χ1n) is 6.23. The Morgan fingerprint density at radius 3 is 2.95 bits per heavy atom. The number of hydrogen-bond donors (Lipinski definition) is 1. The highest BCUT2D eigenvalue weighted by Gasteiger charge is 2.33. The number of piperazine rings is 1. The minimum Gasteiger partial charge on any atom is -0.356 e. The average Bonchev–Trinajstić information content (AvgIpc) is 2.32. The lowest BCUT2D eigenvalue weighted by molar-refractivity contribution is -0.124. The van der Waals surface area contributed by atoms with Crippen molar-refractivity contribution in [3.8, 4) is 6.07 Å². The number of carbonyl (C=O) groups is 1. The molecule has 1 fully saturated rings. The highest BCUT2D eigenvalue weighted by molar-refractivity contribution is 9.10. The van der Waals surface area contributed by atoms with Gasteiger partial charge in [-0.25, -0.2) is 0 Å². The number of nitrogens with one attached hydrogen (secondary N) is 1. The maximum Gasteiger partial charge on any atom is 0.244 e. The molecular weight excluding hydrogens is 306 g/mol. The van der Waals surface area contributed by atoms with Gasteiger partial charge < -0.3 is 10.2 Å². The second-order valence-electron chi connectivity index (χ2n) is 4.87. The van der Waals surface area contributed by atoms with E-state index < -0.39 is 6.04 Å². The first-order valence-corrected chi connectivity index (χ1v) is 7.02. The molecule has 0 aliphatic carbocycles. The molecule has 0 bridgehead atoms. The lowest BCUT2D eigenvalue weighted by Crippen LogP contribution is -2.59. The third-order valence-electron chi connectivity index (χ3n) is 3.29. The minimum absolute atomic E-state index is 0.0670. The largest absolute Gasteiger partial charge is 0.356 e. The van der Waals surface area contributed by atoms with Crippen LogP contribution in [-0.4, -0.2) is 24.5 Å². The summed E-state index contributed by atoms with van der Waals surface area (Å²) in [6, 6.07) is 7.77. The Labute approximate surface area is 121 Å². The summed E-state index contributed by atoms with van der Waals surface area (Å²) in [4.78, 5) is 14.1. The summed E-state index contributed by atoms with van der Waals surface area (Å²) in [5.41, 5.74) is 2.12. The highest BCUT2D eigenvalue weighted by atomic mass is 79.9. The number of carbonyl (C=O) groups excluding carboxylic acids is 1. The zero-order valence-corrected chi connectivity index (χ0v) is 12.6. The molecule has 2 atom stereocenters. The molecule has 0 aromatic heterocycles. The Balaban J connectivity index is 2.38. The topological polar surface area (TPSA) is 56.1 Å². The van der Waals surface area contributed by atoms with E-state index in [1.165, 1.54) is 0 Å². The second-order valence-corrected chi connectivity index (χ2v) is 5.79. The quantitative estimate of drug-likeness (QED) is 0.909. The number of halogens is 1. The predicted octanol–water partition coefficient (Wildman–Crippen LogP) is 2.36. The van der Waals surface area contributed by atoms with E-state index >= 15 is 0 Å². The van der Waals surface area contributed by atoms with E-state index in [2.05, 4.69) is 27.3 Å². The number of nitriles is 1. The van der Waals surface area contributed by atoms with Gasteiger partial charge in [0, 0.05) is 22.7 Å². The standard InChI is InChI=1S/C14H16BrN3O/c1-9-7-11(15)3-4-12(9)18-8-10(2)17-14(19)13(18)5-6-16/h3-4,7,10,13H,5,8H2,1-2H3,(H,17,19). The van der Waals surface area contributed by atoms with Crippen LogP contribution in [0, 0.1) is 18.3 Å². The third kappa shape index (κ3) is 2.90. The monoisotopic (exact) mass is 321 g/mol. The molecule has 4 nitrogen and oxygen atoms in total. The Morgan fingerprint density at radius 1 is 1.58 bits per heavy atom. The molecule has 1 amide bonds. The highest BCUT2D eigenvalue weighted by Crippen LogP contribution is 2.28. The van der Waals surface area contributed by atoms with E-state index in [0.717, 1.165) is 22.3 Å². The van der Waals surface area contributed by atoms with Gasteiger partial charge in [-0.05, 0) is 37.6 Å². The van der Waals surface area contributed by atoms with Gasteiger partial charge in [-0.2, -0.15) is 5.26 Å². The van der Waals surface area contributed by atoms with Crippen LogP contribution in [0.2, 0.25) is 0 Å². The Kier molecular flexibility index (Phi) is 4.11. The SMILES string of the molecule is Cc1cc(Br)ccc1N1CC(C)NC(=O)C1CC#N. The Hall–Kier alpha value is -1.54. The molecule has 5 heteroatoms. The molecule has 1 aliphatic heterocycles. The van der Waals surface area contributed by atoms with Crippen molar-refractivity contribution in [3.05, 3.63) is 28.2 Å². The van der Waals surface area contributed by atoms with E-state index in [4.69, 9.17) is 5.26 Å². The van der Waals surface area contributed by atoms with Gasteiger partial charge in [0.1, 0.15) is 6.04 Å². The molecule has 0 radical (unpaired) electrons. The van der Waals surface area contributed by atoms with Gasteiger partial charge in [0.2, 0.25) is 5.91 Å². The summed E-state index contributed by atoms with van der Waals surface area (Å²) in [5, 5.41) is 11.8. The molecule has 19 heavy (non-hydrogen) atoms. The molecule has 1 aliphatic rings. The van der Waals surface area contributed by atoms with Gasteiger partial charge in [0.15, 0.2) is 0 Å². The fourth-order valence-electron chi connectivity index (χ4n) is 2.45. The lowest BCUT2D eigenvalue weighted by Gasteiger charge is -2.39. The van der Waals surface area contributed by atoms with Gasteiger partial charge in [0.05, 0.1) is 12.5 Å². The molecule has 2 rings (SSSR count). The number of amides is 1. The summed E-state index contributed by atoms with van der Waals surface area (Å²) in [5.74, 6) is -0.0670. The van der Waals surface area contributed by atoms with Crippen LogP contribution in [0.15, 0.2) is 22.7 Å². The van der Waals surface area contributed by atoms with Crippen molar-refractivity contribution in [2.75, 3.05) is 11.4 Å². The van der Waals surface area contributed by atoms with Crippen molar-refractivity contribution in [2.24, 2.45) is 0 Å². The van der Waals surface area contributed by atoms with E-state index in [-0.39, 0.29) is 18.4 Å². The first kappa shape index (κ1) is 13.9. The molecule has 1 aromatic carbocycles. The van der Waals surface area contributed by atoms with Crippen molar-refractivity contribution in [1.29, 1.82) is 5.26 Å². The lowest BCUT2D eigenvalue weighted by atomic mass is 10.0. The molecular formula is C14H16BrN3O. The summed E-state index contributed by atoms with van der Waals surface area (Å²) in [6.45, 7) is 4.71. The van der Waals surface area contributed by atoms with Crippen LogP contribution in [0.1, 0.15) is 18.9 Å². The molecule has 0 saturated carbocycles. The molecule has 1 saturated heterocycles. The van der Waals surface area contributed by atoms with Gasteiger partial charge in [-0.1, -0.05) is 15.9 Å². The number of aryl methyl sites for hydroxylation is 1. The van der Waals surface area contributed by atoms with E-state index in [1.807, 2.05) is 36.9 Å². The summed E-state index contributed by atoms with van der Waals surface area (Å²) in [6.07, 6.45) is 0.202. The Bertz CT molecular complexity index is 538. The average molecular weight is 322 g/mol. The Morgan fingerprint density at radius 2 is 2.32 bits per heavy atom. The fraction of sp³-hybridized carbons (Fsp3) is 0.429. The van der Waals surface area contributed by atoms with Gasteiger partial charge in [-0.15, -0.1) is 0 Å². The maximum absolute atomic E-state index is 12.0. The normalized spacial score (nSPS) is 22.8. The molecule has 1 heterocycles. The van der Waals surface area contributed by atoms with Crippen LogP contribution in [0.4, 0.5) is 5.69 Å². The number of nitrogens with zero attached hydrogens (tertiary/aromatic N) is 2. The number of benzene rings is 1. The molecule has 100 valence electrons. The van der Waals surface area contributed by atoms with E-state index in [9.17, 15) is 4.79 Å². The van der Waals surface area contributed by atoms with Crippen LogP contribution in [-0.2, 0) is 4.79 Å². The van der Waals surface area contributed by atoms with E-state index in [1.54, 1.807) is 0 Å². The van der Waals surface area contributed by atoms with Crippen LogP contribution < -0.4 is 10.2 Å². The van der Waals surface area contributed by atoms with Crippen molar-refractivity contribution in [3.63, 3.8) is 0 Å². The first-order chi connectivity index (χ1) is 9.02. The summed E-state index contributed by atoms with van der Waals surface area (Å²) in [7, 11) is 0. The molecule has 2 unspecified atom stereocenters. The number of anilines is 1. The predicted molar refractivity (Wildman–Crippen MR) is 77.8 cm³/mol. The van der Waals surface area contributed by atoms with Crippen LogP contribution >= 0.6 is 15.9 Å². The molecule has 1 aromatic rings. The third-order valence-corrected chi connectivity index (χ3v) is 3.78. The zero-order chi connectivity index (χ0) is 14.0. The van der Waals surface area contributed by atoms with Gasteiger partial charge >= 0.3 is 0 Å². The minimum atomic E-state index is -0.402. The zero-order valence-electron chi connectivity index (χ0n) is 11.0. The van der Waals surface area contributed by atoms with Crippen molar-refractivity contribution in [2.45, 2.75) is 32.4 Å². The van der Waals surface area contributed by atoms with Gasteiger partial charge in [-0.3, -0.25) is 4.79 Å². The summed E-state index contributed by atoms with van der Waals surface area (Å²) < 4.78 is 1.01. The van der Waals surface area contributed by atoms with Crippen molar-refractivity contribution in [1.82, 2.24) is 5.32 Å². The molecule has 0 spiro atoms. The second kappa shape index (κ2) is 5.62.